The Hall–Kier alpha value is -1.80. The molecule has 2 aromatic carbocycles. The Balaban J connectivity index is 2.26. The SMILES string of the molecule is CCC(Nc1ccc(C)c(C=O)c1)c1ccc(Cl)c(C)c1. The lowest BCUT2D eigenvalue weighted by atomic mass is 10.0. The molecule has 1 N–H and O–H groups in total. The third-order valence-electron chi connectivity index (χ3n) is 3.74. The van der Waals surface area contributed by atoms with Crippen LogP contribution in [0.4, 0.5) is 5.69 Å². The summed E-state index contributed by atoms with van der Waals surface area (Å²) in [5, 5.41) is 4.28. The molecule has 21 heavy (non-hydrogen) atoms. The van der Waals surface area contributed by atoms with Crippen molar-refractivity contribution in [2.45, 2.75) is 33.2 Å². The molecule has 0 aliphatic carbocycles. The number of aryl methyl sites for hydroxylation is 2. The topological polar surface area (TPSA) is 29.1 Å². The summed E-state index contributed by atoms with van der Waals surface area (Å²) in [7, 11) is 0. The lowest BCUT2D eigenvalue weighted by Crippen LogP contribution is -2.10. The lowest BCUT2D eigenvalue weighted by molar-refractivity contribution is 0.112. The molecule has 1 atom stereocenters. The van der Waals surface area contributed by atoms with Gasteiger partial charge in [0.2, 0.25) is 0 Å². The van der Waals surface area contributed by atoms with Crippen LogP contribution in [0.25, 0.3) is 0 Å². The van der Waals surface area contributed by atoms with Crippen LogP contribution in [-0.4, -0.2) is 6.29 Å². The molecule has 1 unspecified atom stereocenters. The largest absolute Gasteiger partial charge is 0.378 e. The number of halogens is 1. The van der Waals surface area contributed by atoms with Crippen LogP contribution in [0.15, 0.2) is 36.4 Å². The molecule has 2 aromatic rings. The van der Waals surface area contributed by atoms with Gasteiger partial charge >= 0.3 is 0 Å². The van der Waals surface area contributed by atoms with Gasteiger partial charge in [0, 0.05) is 16.3 Å². The summed E-state index contributed by atoms with van der Waals surface area (Å²) in [4.78, 5) is 11.0. The molecule has 0 amide bonds. The summed E-state index contributed by atoms with van der Waals surface area (Å²) in [6, 6.07) is 12.2. The maximum Gasteiger partial charge on any atom is 0.150 e. The van der Waals surface area contributed by atoms with Crippen LogP contribution >= 0.6 is 11.6 Å². The van der Waals surface area contributed by atoms with Crippen LogP contribution in [0.5, 0.6) is 0 Å². The van der Waals surface area contributed by atoms with Gasteiger partial charge in [-0.1, -0.05) is 36.7 Å². The fourth-order valence-corrected chi connectivity index (χ4v) is 2.48. The predicted molar refractivity (Wildman–Crippen MR) is 89.4 cm³/mol. The van der Waals surface area contributed by atoms with E-state index >= 15 is 0 Å². The van der Waals surface area contributed by atoms with E-state index in [4.69, 9.17) is 11.6 Å². The van der Waals surface area contributed by atoms with Crippen molar-refractivity contribution in [3.8, 4) is 0 Å². The van der Waals surface area contributed by atoms with Gasteiger partial charge in [-0.25, -0.2) is 0 Å². The summed E-state index contributed by atoms with van der Waals surface area (Å²) in [5.74, 6) is 0. The Morgan fingerprint density at radius 1 is 1.14 bits per heavy atom. The summed E-state index contributed by atoms with van der Waals surface area (Å²) < 4.78 is 0. The number of carbonyl (C=O) groups is 1. The van der Waals surface area contributed by atoms with Gasteiger partial charge in [-0.3, -0.25) is 4.79 Å². The minimum absolute atomic E-state index is 0.197. The maximum absolute atomic E-state index is 11.0. The summed E-state index contributed by atoms with van der Waals surface area (Å²) >= 11 is 6.09. The first kappa shape index (κ1) is 15.6. The van der Waals surface area contributed by atoms with Crippen LogP contribution in [0.1, 0.15) is 46.4 Å². The molecule has 0 aliphatic heterocycles. The number of benzene rings is 2. The normalized spacial score (nSPS) is 12.0. The molecule has 0 radical (unpaired) electrons. The Morgan fingerprint density at radius 3 is 2.52 bits per heavy atom. The third kappa shape index (κ3) is 3.64. The molecule has 3 heteroatoms. The molecular weight excluding hydrogens is 282 g/mol. The predicted octanol–water partition coefficient (Wildman–Crippen LogP) is 5.33. The van der Waals surface area contributed by atoms with Gasteiger partial charge in [0.25, 0.3) is 0 Å². The number of hydrogen-bond donors (Lipinski definition) is 1. The van der Waals surface area contributed by atoms with Gasteiger partial charge < -0.3 is 5.32 Å². The highest BCUT2D eigenvalue weighted by molar-refractivity contribution is 6.31. The average molecular weight is 302 g/mol. The smallest absolute Gasteiger partial charge is 0.150 e. The third-order valence-corrected chi connectivity index (χ3v) is 4.16. The first-order valence-corrected chi connectivity index (χ1v) is 7.51. The molecule has 0 spiro atoms. The highest BCUT2D eigenvalue weighted by Gasteiger charge is 2.11. The Kier molecular flexibility index (Phi) is 5.03. The number of hydrogen-bond acceptors (Lipinski definition) is 2. The number of aldehydes is 1. The van der Waals surface area contributed by atoms with Crippen LogP contribution < -0.4 is 5.32 Å². The first-order chi connectivity index (χ1) is 10.0. The quantitative estimate of drug-likeness (QED) is 0.756. The second-order valence-corrected chi connectivity index (χ2v) is 5.71. The molecule has 110 valence electrons. The van der Waals surface area contributed by atoms with Gasteiger partial charge in [-0.2, -0.15) is 0 Å². The zero-order valence-electron chi connectivity index (χ0n) is 12.6. The van der Waals surface area contributed by atoms with Gasteiger partial charge in [-0.05, 0) is 55.2 Å². The average Bonchev–Trinajstić information content (AvgIpc) is 2.49. The van der Waals surface area contributed by atoms with E-state index in [0.29, 0.717) is 0 Å². The minimum atomic E-state index is 0.197. The van der Waals surface area contributed by atoms with Crippen LogP contribution in [0, 0.1) is 13.8 Å². The highest BCUT2D eigenvalue weighted by atomic mass is 35.5. The molecule has 0 bridgehead atoms. The van der Waals surface area contributed by atoms with Crippen molar-refractivity contribution in [1.82, 2.24) is 0 Å². The number of rotatable bonds is 5. The summed E-state index contributed by atoms with van der Waals surface area (Å²) in [6.07, 6.45) is 1.85. The van der Waals surface area contributed by atoms with Crippen LogP contribution in [0.3, 0.4) is 0 Å². The molecular formula is C18H20ClNO. The van der Waals surface area contributed by atoms with Crippen molar-refractivity contribution < 1.29 is 4.79 Å². The van der Waals surface area contributed by atoms with E-state index in [-0.39, 0.29) is 6.04 Å². The first-order valence-electron chi connectivity index (χ1n) is 7.13. The zero-order chi connectivity index (χ0) is 15.4. The Morgan fingerprint density at radius 2 is 1.90 bits per heavy atom. The van der Waals surface area contributed by atoms with Crippen molar-refractivity contribution in [3.05, 3.63) is 63.7 Å². The Labute approximate surface area is 131 Å². The highest BCUT2D eigenvalue weighted by Crippen LogP contribution is 2.26. The van der Waals surface area contributed by atoms with Gasteiger partial charge in [0.1, 0.15) is 6.29 Å². The molecule has 0 saturated heterocycles. The number of anilines is 1. The standard InChI is InChI=1S/C18H20ClNO/c1-4-18(14-6-8-17(19)13(3)9-14)20-16-7-5-12(2)15(10-16)11-21/h5-11,18,20H,4H2,1-3H3. The van der Waals surface area contributed by atoms with E-state index in [1.165, 1.54) is 5.56 Å². The van der Waals surface area contributed by atoms with Crippen molar-refractivity contribution in [3.63, 3.8) is 0 Å². The molecule has 0 saturated carbocycles. The maximum atomic E-state index is 11.0. The van der Waals surface area contributed by atoms with E-state index in [9.17, 15) is 4.79 Å². The van der Waals surface area contributed by atoms with Crippen LogP contribution in [-0.2, 0) is 0 Å². The fraction of sp³-hybridized carbons (Fsp3) is 0.278. The number of nitrogens with one attached hydrogen (secondary N) is 1. The summed E-state index contributed by atoms with van der Waals surface area (Å²) in [6.45, 7) is 6.08. The van der Waals surface area contributed by atoms with Crippen LogP contribution in [0.2, 0.25) is 5.02 Å². The molecule has 0 aromatic heterocycles. The van der Waals surface area contributed by atoms with Gasteiger partial charge in [0.15, 0.2) is 0 Å². The molecule has 2 rings (SSSR count). The lowest BCUT2D eigenvalue weighted by Gasteiger charge is -2.20. The summed E-state index contributed by atoms with van der Waals surface area (Å²) in [5.41, 5.74) is 4.95. The van der Waals surface area contributed by atoms with E-state index < -0.39 is 0 Å². The van der Waals surface area contributed by atoms with Gasteiger partial charge in [-0.15, -0.1) is 0 Å². The van der Waals surface area contributed by atoms with Gasteiger partial charge in [0.05, 0.1) is 6.04 Å². The fourth-order valence-electron chi connectivity index (χ4n) is 2.36. The Bertz CT molecular complexity index is 652. The molecule has 0 fully saturated rings. The van der Waals surface area contributed by atoms with E-state index in [0.717, 1.165) is 40.1 Å². The zero-order valence-corrected chi connectivity index (χ0v) is 13.4. The van der Waals surface area contributed by atoms with Crippen molar-refractivity contribution in [2.75, 3.05) is 5.32 Å². The van der Waals surface area contributed by atoms with Crippen molar-refractivity contribution >= 4 is 23.6 Å². The van der Waals surface area contributed by atoms with E-state index in [1.54, 1.807) is 0 Å². The molecule has 0 aliphatic rings. The van der Waals surface area contributed by atoms with E-state index in [1.807, 2.05) is 44.2 Å². The van der Waals surface area contributed by atoms with Crippen molar-refractivity contribution in [1.29, 1.82) is 0 Å². The second-order valence-electron chi connectivity index (χ2n) is 5.30. The van der Waals surface area contributed by atoms with E-state index in [2.05, 4.69) is 18.3 Å². The molecule has 2 nitrogen and oxygen atoms in total. The monoisotopic (exact) mass is 301 g/mol. The second kappa shape index (κ2) is 6.77. The van der Waals surface area contributed by atoms with Crippen molar-refractivity contribution in [2.24, 2.45) is 0 Å². The molecule has 0 heterocycles. The minimum Gasteiger partial charge on any atom is -0.378 e. The number of carbonyl (C=O) groups excluding carboxylic acids is 1.